The van der Waals surface area contributed by atoms with Gasteiger partial charge in [-0.2, -0.15) is 0 Å². The van der Waals surface area contributed by atoms with E-state index >= 15 is 0 Å². The molecule has 0 aromatic carbocycles. The minimum absolute atomic E-state index is 0.330. The van der Waals surface area contributed by atoms with Crippen molar-refractivity contribution in [2.45, 2.75) is 64.0 Å². The van der Waals surface area contributed by atoms with Crippen molar-refractivity contribution < 1.29 is 9.90 Å². The summed E-state index contributed by atoms with van der Waals surface area (Å²) in [5.41, 5.74) is 0. The molecule has 1 aliphatic carbocycles. The lowest BCUT2D eigenvalue weighted by atomic mass is 9.94. The van der Waals surface area contributed by atoms with Gasteiger partial charge < -0.3 is 10.4 Å². The van der Waals surface area contributed by atoms with Gasteiger partial charge in [-0.3, -0.25) is 4.79 Å². The number of nitrogens with one attached hydrogen (secondary N) is 1. The molecule has 1 unspecified atom stereocenters. The predicted molar refractivity (Wildman–Crippen MR) is 56.3 cm³/mol. The highest BCUT2D eigenvalue weighted by atomic mass is 16.4. The number of carbonyl (C=O) groups is 1. The van der Waals surface area contributed by atoms with Gasteiger partial charge in [0.25, 0.3) is 0 Å². The molecule has 3 heteroatoms. The summed E-state index contributed by atoms with van der Waals surface area (Å²) in [7, 11) is 0. The van der Waals surface area contributed by atoms with E-state index in [2.05, 4.69) is 5.32 Å². The van der Waals surface area contributed by atoms with Gasteiger partial charge >= 0.3 is 5.97 Å². The molecule has 1 fully saturated rings. The summed E-state index contributed by atoms with van der Waals surface area (Å²) in [6, 6.07) is 0.111. The highest BCUT2D eigenvalue weighted by Crippen LogP contribution is 2.18. The van der Waals surface area contributed by atoms with Crippen LogP contribution >= 0.6 is 0 Å². The highest BCUT2D eigenvalue weighted by molar-refractivity contribution is 5.73. The number of rotatable bonds is 5. The van der Waals surface area contributed by atoms with Crippen molar-refractivity contribution in [1.82, 2.24) is 5.32 Å². The maximum atomic E-state index is 10.9. The van der Waals surface area contributed by atoms with E-state index in [1.807, 2.05) is 6.92 Å². The molecule has 3 nitrogen and oxygen atoms in total. The van der Waals surface area contributed by atoms with E-state index in [0.29, 0.717) is 6.04 Å². The molecule has 0 spiro atoms. The van der Waals surface area contributed by atoms with E-state index < -0.39 is 5.97 Å². The Morgan fingerprint density at radius 1 is 1.43 bits per heavy atom. The zero-order valence-electron chi connectivity index (χ0n) is 8.96. The number of aliphatic carboxylic acids is 1. The lowest BCUT2D eigenvalue weighted by molar-refractivity contribution is -0.140. The Morgan fingerprint density at radius 3 is 2.57 bits per heavy atom. The minimum atomic E-state index is -0.697. The van der Waals surface area contributed by atoms with Crippen molar-refractivity contribution >= 4 is 5.97 Å². The fourth-order valence-electron chi connectivity index (χ4n) is 2.12. The molecule has 1 rings (SSSR count). The maximum absolute atomic E-state index is 10.9. The van der Waals surface area contributed by atoms with Crippen LogP contribution in [-0.2, 0) is 4.79 Å². The summed E-state index contributed by atoms with van der Waals surface area (Å²) in [6.07, 6.45) is 7.76. The van der Waals surface area contributed by atoms with Crippen molar-refractivity contribution in [3.63, 3.8) is 0 Å². The molecule has 2 N–H and O–H groups in total. The van der Waals surface area contributed by atoms with Gasteiger partial charge in [0, 0.05) is 6.04 Å². The first-order chi connectivity index (χ1) is 6.74. The van der Waals surface area contributed by atoms with E-state index in [-0.39, 0.29) is 6.04 Å². The van der Waals surface area contributed by atoms with Gasteiger partial charge in [0.15, 0.2) is 0 Å². The van der Waals surface area contributed by atoms with Crippen LogP contribution in [0.4, 0.5) is 0 Å². The maximum Gasteiger partial charge on any atom is 0.320 e. The van der Waals surface area contributed by atoms with Crippen molar-refractivity contribution in [2.75, 3.05) is 0 Å². The summed E-state index contributed by atoms with van der Waals surface area (Å²) in [6.45, 7) is 2.03. The van der Waals surface area contributed by atoms with E-state index in [4.69, 9.17) is 5.11 Å². The molecule has 1 atom stereocenters. The van der Waals surface area contributed by atoms with Gasteiger partial charge in [-0.1, -0.05) is 32.6 Å². The van der Waals surface area contributed by atoms with Crippen molar-refractivity contribution in [2.24, 2.45) is 0 Å². The average molecular weight is 199 g/mol. The van der Waals surface area contributed by atoms with Crippen LogP contribution in [0.2, 0.25) is 0 Å². The van der Waals surface area contributed by atoms with Crippen molar-refractivity contribution in [3.05, 3.63) is 0 Å². The van der Waals surface area contributed by atoms with Crippen LogP contribution in [0.15, 0.2) is 0 Å². The molecule has 1 saturated carbocycles. The first-order valence-corrected chi connectivity index (χ1v) is 5.73. The zero-order chi connectivity index (χ0) is 10.4. The Morgan fingerprint density at radius 2 is 2.07 bits per heavy atom. The summed E-state index contributed by atoms with van der Waals surface area (Å²) < 4.78 is 0. The quantitative estimate of drug-likeness (QED) is 0.713. The van der Waals surface area contributed by atoms with E-state index in [0.717, 1.165) is 25.7 Å². The molecule has 82 valence electrons. The molecule has 0 saturated heterocycles. The fraction of sp³-hybridized carbons (Fsp3) is 0.909. The van der Waals surface area contributed by atoms with Gasteiger partial charge in [-0.15, -0.1) is 0 Å². The monoisotopic (exact) mass is 199 g/mol. The van der Waals surface area contributed by atoms with Crippen LogP contribution < -0.4 is 5.32 Å². The molecular weight excluding hydrogens is 178 g/mol. The molecule has 0 heterocycles. The van der Waals surface area contributed by atoms with Gasteiger partial charge in [0.1, 0.15) is 6.04 Å². The second kappa shape index (κ2) is 6.02. The number of hydrogen-bond acceptors (Lipinski definition) is 2. The van der Waals surface area contributed by atoms with Gasteiger partial charge in [-0.05, 0) is 19.3 Å². The number of hydrogen-bond donors (Lipinski definition) is 2. The van der Waals surface area contributed by atoms with Gasteiger partial charge in [0.2, 0.25) is 0 Å². The molecule has 0 aromatic heterocycles. The molecular formula is C11H21NO2. The average Bonchev–Trinajstić information content (AvgIpc) is 2.18. The summed E-state index contributed by atoms with van der Waals surface area (Å²) in [5.74, 6) is -0.697. The van der Waals surface area contributed by atoms with Crippen LogP contribution in [0.1, 0.15) is 51.9 Å². The Kier molecular flexibility index (Phi) is 4.94. The van der Waals surface area contributed by atoms with Crippen LogP contribution in [0, 0.1) is 0 Å². The third-order valence-corrected chi connectivity index (χ3v) is 2.92. The minimum Gasteiger partial charge on any atom is -0.480 e. The van der Waals surface area contributed by atoms with E-state index in [1.54, 1.807) is 0 Å². The molecule has 0 amide bonds. The molecule has 0 radical (unpaired) electrons. The predicted octanol–water partition coefficient (Wildman–Crippen LogP) is 2.16. The SMILES string of the molecule is CCCC(NC1CCCCC1)C(=O)O. The topological polar surface area (TPSA) is 49.3 Å². The van der Waals surface area contributed by atoms with Crippen LogP contribution in [0.3, 0.4) is 0 Å². The summed E-state index contributed by atoms with van der Waals surface area (Å²) in [4.78, 5) is 10.9. The Hall–Kier alpha value is -0.570. The summed E-state index contributed by atoms with van der Waals surface area (Å²) in [5, 5.41) is 12.2. The lowest BCUT2D eigenvalue weighted by Crippen LogP contribution is -2.44. The Balaban J connectivity index is 2.33. The zero-order valence-corrected chi connectivity index (χ0v) is 8.96. The van der Waals surface area contributed by atoms with E-state index in [1.165, 1.54) is 19.3 Å². The van der Waals surface area contributed by atoms with Crippen LogP contribution in [0.25, 0.3) is 0 Å². The number of carboxylic acid groups (broad SMARTS) is 1. The van der Waals surface area contributed by atoms with Gasteiger partial charge in [-0.25, -0.2) is 0 Å². The summed E-state index contributed by atoms with van der Waals surface area (Å²) >= 11 is 0. The highest BCUT2D eigenvalue weighted by Gasteiger charge is 2.21. The second-order valence-electron chi connectivity index (χ2n) is 4.18. The van der Waals surface area contributed by atoms with Gasteiger partial charge in [0.05, 0.1) is 0 Å². The fourth-order valence-corrected chi connectivity index (χ4v) is 2.12. The molecule has 0 aliphatic heterocycles. The Labute approximate surface area is 85.9 Å². The van der Waals surface area contributed by atoms with E-state index in [9.17, 15) is 4.79 Å². The molecule has 0 bridgehead atoms. The van der Waals surface area contributed by atoms with Crippen LogP contribution in [0.5, 0.6) is 0 Å². The lowest BCUT2D eigenvalue weighted by Gasteiger charge is -2.26. The smallest absolute Gasteiger partial charge is 0.320 e. The first-order valence-electron chi connectivity index (χ1n) is 5.73. The normalized spacial score (nSPS) is 20.6. The first kappa shape index (κ1) is 11.5. The van der Waals surface area contributed by atoms with Crippen molar-refractivity contribution in [3.8, 4) is 0 Å². The van der Waals surface area contributed by atoms with Crippen LogP contribution in [-0.4, -0.2) is 23.2 Å². The molecule has 0 aromatic rings. The molecule has 1 aliphatic rings. The third kappa shape index (κ3) is 3.66. The standard InChI is InChI=1S/C11H21NO2/c1-2-6-10(11(13)14)12-9-7-4-3-5-8-9/h9-10,12H,2-8H2,1H3,(H,13,14). The van der Waals surface area contributed by atoms with Crippen molar-refractivity contribution in [1.29, 1.82) is 0 Å². The largest absolute Gasteiger partial charge is 0.480 e. The number of carboxylic acids is 1. The second-order valence-corrected chi connectivity index (χ2v) is 4.18. The molecule has 14 heavy (non-hydrogen) atoms. The third-order valence-electron chi connectivity index (χ3n) is 2.92. The Bertz CT molecular complexity index is 176.